The Morgan fingerprint density at radius 2 is 1.59 bits per heavy atom. The molecule has 0 spiro atoms. The highest BCUT2D eigenvalue weighted by Crippen LogP contribution is 2.21. The molecule has 0 aliphatic heterocycles. The fourth-order valence-corrected chi connectivity index (χ4v) is 5.54. The molecule has 0 aromatic heterocycles. The topological polar surface area (TPSA) is 86.8 Å². The first kappa shape index (κ1) is 31.8. The van der Waals surface area contributed by atoms with Crippen LogP contribution >= 0.6 is 0 Å². The molecule has 0 heterocycles. The first-order valence-electron chi connectivity index (χ1n) is 13.9. The summed E-state index contributed by atoms with van der Waals surface area (Å²) < 4.78 is 39.7. The molecule has 2 unspecified atom stereocenters. The minimum absolute atomic E-state index is 0.0288. The molecule has 0 saturated heterocycles. The summed E-state index contributed by atoms with van der Waals surface area (Å²) in [4.78, 5) is 29.2. The molecule has 2 atom stereocenters. The highest BCUT2D eigenvalue weighted by Gasteiger charge is 2.31. The lowest BCUT2D eigenvalue weighted by Crippen LogP contribution is -2.52. The van der Waals surface area contributed by atoms with Crippen LogP contribution in [0.5, 0.6) is 0 Å². The Kier molecular flexibility index (Phi) is 11.5. The Hall–Kier alpha value is -3.72. The Morgan fingerprint density at radius 1 is 0.951 bits per heavy atom. The molecular weight excluding hydrogens is 541 g/mol. The van der Waals surface area contributed by atoms with E-state index in [4.69, 9.17) is 0 Å². The third-order valence-corrected chi connectivity index (χ3v) is 8.33. The van der Waals surface area contributed by atoms with Crippen LogP contribution in [0.3, 0.4) is 0 Å². The van der Waals surface area contributed by atoms with E-state index in [1.54, 1.807) is 4.90 Å². The lowest BCUT2D eigenvalue weighted by atomic mass is 10.0. The molecule has 0 fully saturated rings. The summed E-state index contributed by atoms with van der Waals surface area (Å²) in [5.74, 6) is -0.945. The van der Waals surface area contributed by atoms with Crippen molar-refractivity contribution in [1.82, 2.24) is 10.2 Å². The van der Waals surface area contributed by atoms with Gasteiger partial charge in [-0.2, -0.15) is 0 Å². The fraction of sp³-hybridized carbons (Fsp3) is 0.375. The van der Waals surface area contributed by atoms with Crippen LogP contribution in [0.2, 0.25) is 0 Å². The number of benzene rings is 3. The van der Waals surface area contributed by atoms with Gasteiger partial charge in [-0.1, -0.05) is 61.5 Å². The average molecular weight is 582 g/mol. The van der Waals surface area contributed by atoms with Crippen LogP contribution in [0.4, 0.5) is 10.1 Å². The van der Waals surface area contributed by atoms with Gasteiger partial charge in [-0.05, 0) is 67.6 Å². The summed E-state index contributed by atoms with van der Waals surface area (Å²) in [6.45, 7) is 6.17. The number of carbonyl (C=O) groups is 2. The van der Waals surface area contributed by atoms with Crippen LogP contribution in [0.25, 0.3) is 0 Å². The van der Waals surface area contributed by atoms with Crippen molar-refractivity contribution in [2.45, 2.75) is 65.1 Å². The van der Waals surface area contributed by atoms with E-state index >= 15 is 0 Å². The van der Waals surface area contributed by atoms with Crippen molar-refractivity contribution >= 4 is 27.5 Å². The third kappa shape index (κ3) is 9.42. The minimum atomic E-state index is -3.67. The zero-order valence-corrected chi connectivity index (χ0v) is 25.0. The van der Waals surface area contributed by atoms with Crippen molar-refractivity contribution in [2.75, 3.05) is 17.1 Å². The molecule has 3 rings (SSSR count). The van der Waals surface area contributed by atoms with Crippen LogP contribution in [-0.2, 0) is 32.6 Å². The molecule has 0 aliphatic rings. The van der Waals surface area contributed by atoms with E-state index in [0.29, 0.717) is 12.1 Å². The Balaban J connectivity index is 1.89. The number of carbonyl (C=O) groups excluding carboxylic acids is 2. The number of halogens is 1. The highest BCUT2D eigenvalue weighted by atomic mass is 32.2. The SMILES string of the molecule is CCC(C)NC(=O)C(Cc1ccccc1)N(Cc1ccccc1C)C(=O)CCCN(c1ccc(F)cc1)S(C)(=O)=O. The lowest BCUT2D eigenvalue weighted by molar-refractivity contribution is -0.141. The number of hydrogen-bond acceptors (Lipinski definition) is 4. The molecule has 0 radical (unpaired) electrons. The summed E-state index contributed by atoms with van der Waals surface area (Å²) in [5, 5.41) is 3.05. The first-order chi connectivity index (χ1) is 19.5. The molecule has 0 bridgehead atoms. The van der Waals surface area contributed by atoms with E-state index in [9.17, 15) is 22.4 Å². The zero-order valence-electron chi connectivity index (χ0n) is 24.2. The molecule has 9 heteroatoms. The van der Waals surface area contributed by atoms with Gasteiger partial charge < -0.3 is 10.2 Å². The maximum atomic E-state index is 13.9. The second kappa shape index (κ2) is 14.8. The van der Waals surface area contributed by atoms with Crippen LogP contribution in [0, 0.1) is 12.7 Å². The van der Waals surface area contributed by atoms with Gasteiger partial charge in [0.1, 0.15) is 11.9 Å². The highest BCUT2D eigenvalue weighted by molar-refractivity contribution is 7.92. The van der Waals surface area contributed by atoms with Gasteiger partial charge in [0.15, 0.2) is 0 Å². The summed E-state index contributed by atoms with van der Waals surface area (Å²) in [5.41, 5.74) is 3.19. The molecule has 3 aromatic rings. The van der Waals surface area contributed by atoms with Crippen LogP contribution in [0.15, 0.2) is 78.9 Å². The number of nitrogens with one attached hydrogen (secondary N) is 1. The largest absolute Gasteiger partial charge is 0.352 e. The maximum Gasteiger partial charge on any atom is 0.243 e. The summed E-state index contributed by atoms with van der Waals surface area (Å²) in [6.07, 6.45) is 2.42. The van der Waals surface area contributed by atoms with E-state index in [1.807, 2.05) is 75.4 Å². The molecule has 41 heavy (non-hydrogen) atoms. The normalized spacial score (nSPS) is 12.8. The smallest absolute Gasteiger partial charge is 0.243 e. The molecule has 3 aromatic carbocycles. The second-order valence-corrected chi connectivity index (χ2v) is 12.3. The van der Waals surface area contributed by atoms with Gasteiger partial charge in [-0.3, -0.25) is 13.9 Å². The molecule has 2 amide bonds. The van der Waals surface area contributed by atoms with Crippen molar-refractivity contribution in [3.05, 3.63) is 101 Å². The number of aryl methyl sites for hydroxylation is 1. The Bertz CT molecular complexity index is 1400. The third-order valence-electron chi connectivity index (χ3n) is 7.14. The quantitative estimate of drug-likeness (QED) is 0.282. The number of anilines is 1. The Morgan fingerprint density at radius 3 is 2.20 bits per heavy atom. The van der Waals surface area contributed by atoms with Crippen LogP contribution in [0.1, 0.15) is 49.8 Å². The molecule has 0 saturated carbocycles. The van der Waals surface area contributed by atoms with E-state index in [0.717, 1.165) is 29.4 Å². The Labute approximate surface area is 243 Å². The van der Waals surface area contributed by atoms with E-state index < -0.39 is 21.9 Å². The molecule has 0 aliphatic carbocycles. The predicted molar refractivity (Wildman–Crippen MR) is 161 cm³/mol. The molecule has 220 valence electrons. The summed E-state index contributed by atoms with van der Waals surface area (Å²) in [6, 6.07) is 21.7. The molecule has 7 nitrogen and oxygen atoms in total. The molecule has 1 N–H and O–H groups in total. The number of rotatable bonds is 14. The molecular formula is C32H40FN3O4S. The number of sulfonamides is 1. The van der Waals surface area contributed by atoms with Gasteiger partial charge in [-0.15, -0.1) is 0 Å². The van der Waals surface area contributed by atoms with Gasteiger partial charge in [0.05, 0.1) is 11.9 Å². The van der Waals surface area contributed by atoms with Crippen molar-refractivity contribution in [3.8, 4) is 0 Å². The van der Waals surface area contributed by atoms with Gasteiger partial charge in [-0.25, -0.2) is 12.8 Å². The van der Waals surface area contributed by atoms with Crippen molar-refractivity contribution in [3.63, 3.8) is 0 Å². The van der Waals surface area contributed by atoms with Crippen molar-refractivity contribution < 1.29 is 22.4 Å². The van der Waals surface area contributed by atoms with Crippen molar-refractivity contribution in [2.24, 2.45) is 0 Å². The van der Waals surface area contributed by atoms with E-state index in [-0.39, 0.29) is 43.8 Å². The monoisotopic (exact) mass is 581 g/mol. The van der Waals surface area contributed by atoms with Crippen LogP contribution < -0.4 is 9.62 Å². The van der Waals surface area contributed by atoms with Crippen molar-refractivity contribution in [1.29, 1.82) is 0 Å². The zero-order chi connectivity index (χ0) is 30.0. The second-order valence-electron chi connectivity index (χ2n) is 10.4. The standard InChI is InChI=1S/C32H40FN3O4S/c1-5-25(3)34-32(38)30(22-26-13-7-6-8-14-26)35(23-27-15-10-9-12-24(27)2)31(37)16-11-21-36(41(4,39)40)29-19-17-28(33)18-20-29/h6-10,12-15,17-20,25,30H,5,11,16,21-23H2,1-4H3,(H,34,38). The predicted octanol–water partition coefficient (Wildman–Crippen LogP) is 5.24. The van der Waals surface area contributed by atoms with E-state index in [2.05, 4.69) is 5.32 Å². The maximum absolute atomic E-state index is 13.9. The number of nitrogens with zero attached hydrogens (tertiary/aromatic N) is 2. The average Bonchev–Trinajstić information content (AvgIpc) is 2.94. The minimum Gasteiger partial charge on any atom is -0.352 e. The summed E-state index contributed by atoms with van der Waals surface area (Å²) >= 11 is 0. The summed E-state index contributed by atoms with van der Waals surface area (Å²) in [7, 11) is -3.67. The van der Waals surface area contributed by atoms with Gasteiger partial charge in [0.25, 0.3) is 0 Å². The number of amides is 2. The fourth-order valence-electron chi connectivity index (χ4n) is 4.58. The van der Waals surface area contributed by atoms with Gasteiger partial charge in [0.2, 0.25) is 21.8 Å². The van der Waals surface area contributed by atoms with Gasteiger partial charge >= 0.3 is 0 Å². The number of hydrogen-bond donors (Lipinski definition) is 1. The first-order valence-corrected chi connectivity index (χ1v) is 15.8. The van der Waals surface area contributed by atoms with E-state index in [1.165, 1.54) is 28.6 Å². The lowest BCUT2D eigenvalue weighted by Gasteiger charge is -2.33. The van der Waals surface area contributed by atoms with Crippen LogP contribution in [-0.4, -0.2) is 50.0 Å². The van der Waals surface area contributed by atoms with Gasteiger partial charge in [0, 0.05) is 32.0 Å².